The third-order valence-electron chi connectivity index (χ3n) is 4.02. The Balaban J connectivity index is 1.59. The van der Waals surface area contributed by atoms with Gasteiger partial charge in [-0.3, -0.25) is 4.90 Å². The van der Waals surface area contributed by atoms with Crippen LogP contribution in [0.2, 0.25) is 0 Å². The van der Waals surface area contributed by atoms with Crippen molar-refractivity contribution in [2.45, 2.75) is 39.0 Å². The highest BCUT2D eigenvalue weighted by Gasteiger charge is 2.35. The first-order valence-corrected chi connectivity index (χ1v) is 7.54. The molecule has 3 rings (SSSR count). The lowest BCUT2D eigenvalue weighted by Crippen LogP contribution is -2.31. The number of aryl methyl sites for hydroxylation is 2. The molecule has 0 saturated heterocycles. The number of hydrogen-bond acceptors (Lipinski definition) is 4. The SMILES string of the molecule is Cc1cnc(CN(C)C[C@H]2CCc3nc(C(F)(F)F)cn3C2)o1. The van der Waals surface area contributed by atoms with Gasteiger partial charge >= 0.3 is 6.18 Å². The Hall–Kier alpha value is -1.83. The summed E-state index contributed by atoms with van der Waals surface area (Å²) in [5.74, 6) is 2.25. The number of nitrogens with zero attached hydrogens (tertiary/aromatic N) is 4. The number of rotatable bonds is 4. The molecule has 23 heavy (non-hydrogen) atoms. The number of imidazole rings is 1. The molecule has 0 spiro atoms. The molecule has 1 atom stereocenters. The lowest BCUT2D eigenvalue weighted by Gasteiger charge is -2.27. The lowest BCUT2D eigenvalue weighted by atomic mass is 9.99. The zero-order valence-electron chi connectivity index (χ0n) is 13.1. The van der Waals surface area contributed by atoms with Crippen molar-refractivity contribution >= 4 is 0 Å². The Morgan fingerprint density at radius 1 is 1.43 bits per heavy atom. The molecular formula is C15H19F3N4O. The summed E-state index contributed by atoms with van der Waals surface area (Å²) in [6.07, 6.45) is -0.158. The molecule has 1 aliphatic rings. The highest BCUT2D eigenvalue weighted by Crippen LogP contribution is 2.30. The van der Waals surface area contributed by atoms with Crippen molar-refractivity contribution in [1.82, 2.24) is 19.4 Å². The normalized spacial score (nSPS) is 18.4. The zero-order valence-corrected chi connectivity index (χ0v) is 13.1. The van der Waals surface area contributed by atoms with E-state index in [2.05, 4.69) is 14.9 Å². The molecule has 0 unspecified atom stereocenters. The maximum atomic E-state index is 12.7. The standard InChI is InChI=1S/C15H19F3N4O/c1-10-5-19-14(23-10)9-21(2)6-11-3-4-13-20-12(15(16,17)18)8-22(13)7-11/h5,8,11H,3-4,6-7,9H2,1-2H3/t11-/m1/s1. The van der Waals surface area contributed by atoms with Crippen LogP contribution in [0.4, 0.5) is 13.2 Å². The van der Waals surface area contributed by atoms with Gasteiger partial charge in [-0.2, -0.15) is 13.2 Å². The van der Waals surface area contributed by atoms with Gasteiger partial charge in [-0.25, -0.2) is 9.97 Å². The van der Waals surface area contributed by atoms with Gasteiger partial charge in [0.2, 0.25) is 5.89 Å². The van der Waals surface area contributed by atoms with E-state index in [1.807, 2.05) is 14.0 Å². The summed E-state index contributed by atoms with van der Waals surface area (Å²) < 4.78 is 45.3. The molecule has 0 N–H and O–H groups in total. The van der Waals surface area contributed by atoms with Crippen LogP contribution in [-0.2, 0) is 25.7 Å². The van der Waals surface area contributed by atoms with Crippen LogP contribution in [0.1, 0.15) is 29.6 Å². The number of fused-ring (bicyclic) bond motifs is 1. The largest absolute Gasteiger partial charge is 0.445 e. The van der Waals surface area contributed by atoms with Crippen LogP contribution in [0.25, 0.3) is 0 Å². The Morgan fingerprint density at radius 3 is 2.87 bits per heavy atom. The maximum Gasteiger partial charge on any atom is 0.434 e. The number of alkyl halides is 3. The van der Waals surface area contributed by atoms with Crippen LogP contribution < -0.4 is 0 Å². The fourth-order valence-corrected chi connectivity index (χ4v) is 3.01. The molecule has 5 nitrogen and oxygen atoms in total. The highest BCUT2D eigenvalue weighted by molar-refractivity contribution is 5.10. The second-order valence-corrected chi connectivity index (χ2v) is 6.16. The molecule has 2 aromatic rings. The molecule has 0 aliphatic carbocycles. The van der Waals surface area contributed by atoms with E-state index in [9.17, 15) is 13.2 Å². The quantitative estimate of drug-likeness (QED) is 0.866. The Morgan fingerprint density at radius 2 is 2.22 bits per heavy atom. The molecular weight excluding hydrogens is 309 g/mol. The van der Waals surface area contributed by atoms with Crippen molar-refractivity contribution in [2.75, 3.05) is 13.6 Å². The van der Waals surface area contributed by atoms with E-state index in [1.54, 1.807) is 10.8 Å². The molecule has 0 amide bonds. The first-order chi connectivity index (χ1) is 10.8. The average Bonchev–Trinajstić information content (AvgIpc) is 3.04. The molecule has 0 saturated carbocycles. The lowest BCUT2D eigenvalue weighted by molar-refractivity contribution is -0.141. The van der Waals surface area contributed by atoms with Crippen molar-refractivity contribution in [3.63, 3.8) is 0 Å². The summed E-state index contributed by atoms with van der Waals surface area (Å²) in [5.41, 5.74) is -0.795. The molecule has 3 heterocycles. The first kappa shape index (κ1) is 16.0. The van der Waals surface area contributed by atoms with Crippen LogP contribution in [-0.4, -0.2) is 33.0 Å². The Bertz CT molecular complexity index is 677. The third kappa shape index (κ3) is 3.74. The van der Waals surface area contributed by atoms with Gasteiger partial charge in [0.15, 0.2) is 5.69 Å². The van der Waals surface area contributed by atoms with Crippen molar-refractivity contribution in [2.24, 2.45) is 5.92 Å². The highest BCUT2D eigenvalue weighted by atomic mass is 19.4. The molecule has 1 aliphatic heterocycles. The summed E-state index contributed by atoms with van der Waals surface area (Å²) in [5, 5.41) is 0. The molecule has 8 heteroatoms. The van der Waals surface area contributed by atoms with Crippen LogP contribution in [0.5, 0.6) is 0 Å². The van der Waals surface area contributed by atoms with E-state index >= 15 is 0 Å². The molecule has 0 fully saturated rings. The average molecular weight is 328 g/mol. The van der Waals surface area contributed by atoms with Gasteiger partial charge < -0.3 is 8.98 Å². The van der Waals surface area contributed by atoms with Crippen LogP contribution >= 0.6 is 0 Å². The monoisotopic (exact) mass is 328 g/mol. The molecule has 0 bridgehead atoms. The first-order valence-electron chi connectivity index (χ1n) is 7.54. The molecule has 0 radical (unpaired) electrons. The number of oxazole rings is 1. The summed E-state index contributed by atoms with van der Waals surface area (Å²) >= 11 is 0. The van der Waals surface area contributed by atoms with Crippen molar-refractivity contribution in [3.05, 3.63) is 35.6 Å². The summed E-state index contributed by atoms with van der Waals surface area (Å²) in [6.45, 7) is 3.78. The fraction of sp³-hybridized carbons (Fsp3) is 0.600. The third-order valence-corrected chi connectivity index (χ3v) is 4.02. The van der Waals surface area contributed by atoms with Gasteiger partial charge in [-0.05, 0) is 26.3 Å². The van der Waals surface area contributed by atoms with Gasteiger partial charge in [0, 0.05) is 25.7 Å². The van der Waals surface area contributed by atoms with Gasteiger partial charge in [-0.15, -0.1) is 0 Å². The topological polar surface area (TPSA) is 47.1 Å². The van der Waals surface area contributed by atoms with E-state index in [4.69, 9.17) is 4.42 Å². The predicted molar refractivity (Wildman–Crippen MR) is 76.6 cm³/mol. The van der Waals surface area contributed by atoms with Gasteiger partial charge in [0.25, 0.3) is 0 Å². The van der Waals surface area contributed by atoms with E-state index in [0.717, 1.165) is 24.9 Å². The molecule has 126 valence electrons. The smallest absolute Gasteiger partial charge is 0.434 e. The molecule has 0 aromatic carbocycles. The number of halogens is 3. The second-order valence-electron chi connectivity index (χ2n) is 6.16. The Labute approximate surface area is 132 Å². The summed E-state index contributed by atoms with van der Waals surface area (Å²) in [4.78, 5) is 9.96. The van der Waals surface area contributed by atoms with Crippen LogP contribution in [0.3, 0.4) is 0 Å². The maximum absolute atomic E-state index is 12.7. The Kier molecular flexibility index (Phi) is 4.18. The minimum absolute atomic E-state index is 0.291. The second kappa shape index (κ2) is 5.99. The minimum atomic E-state index is -4.38. The predicted octanol–water partition coefficient (Wildman–Crippen LogP) is 2.89. The van der Waals surface area contributed by atoms with Gasteiger partial charge in [0.1, 0.15) is 11.6 Å². The molecule has 2 aromatic heterocycles. The van der Waals surface area contributed by atoms with Crippen molar-refractivity contribution in [3.8, 4) is 0 Å². The summed E-state index contributed by atoms with van der Waals surface area (Å²) in [7, 11) is 1.96. The van der Waals surface area contributed by atoms with E-state index in [1.165, 1.54) is 0 Å². The summed E-state index contributed by atoms with van der Waals surface area (Å²) in [6, 6.07) is 0. The number of aromatic nitrogens is 3. The minimum Gasteiger partial charge on any atom is -0.445 e. The zero-order chi connectivity index (χ0) is 16.6. The van der Waals surface area contributed by atoms with Crippen LogP contribution in [0.15, 0.2) is 16.8 Å². The van der Waals surface area contributed by atoms with Crippen molar-refractivity contribution < 1.29 is 17.6 Å². The fourth-order valence-electron chi connectivity index (χ4n) is 3.01. The van der Waals surface area contributed by atoms with Gasteiger partial charge in [-0.1, -0.05) is 0 Å². The number of hydrogen-bond donors (Lipinski definition) is 0. The van der Waals surface area contributed by atoms with E-state index in [0.29, 0.717) is 37.1 Å². The van der Waals surface area contributed by atoms with Crippen LogP contribution in [0, 0.1) is 12.8 Å². The van der Waals surface area contributed by atoms with Crippen molar-refractivity contribution in [1.29, 1.82) is 0 Å². The van der Waals surface area contributed by atoms with Gasteiger partial charge in [0.05, 0.1) is 12.7 Å². The van der Waals surface area contributed by atoms with E-state index < -0.39 is 11.9 Å². The van der Waals surface area contributed by atoms with E-state index in [-0.39, 0.29) is 0 Å².